The van der Waals surface area contributed by atoms with E-state index in [0.717, 1.165) is 44.6 Å². The fourth-order valence-electron chi connectivity index (χ4n) is 4.00. The Bertz CT molecular complexity index is 910. The van der Waals surface area contributed by atoms with Crippen LogP contribution in [-0.4, -0.2) is 23.4 Å². The minimum Gasteiger partial charge on any atom is -0.387 e. The van der Waals surface area contributed by atoms with E-state index in [9.17, 15) is 4.79 Å². The summed E-state index contributed by atoms with van der Waals surface area (Å²) in [6.45, 7) is 12.8. The number of carbonyl (C=O) groups excluding carboxylic acids is 1. The standard InChI is InChI=1S/C22H27N3O.C2H5.V/c1-3-15(2)22(26)17-6-7-20-18(11-17)19-13-24-10-8-21(19)25(20)14-16-5-4-9-23-12-16;1-2;/h4-7,9,11,15,23-24H,3,8,10,12-14H2,1-2H3;1H2,2H3;/q;-1;. The van der Waals surface area contributed by atoms with E-state index < -0.39 is 0 Å². The maximum Gasteiger partial charge on any atom is 0.165 e. The maximum atomic E-state index is 12.7. The van der Waals surface area contributed by atoms with Gasteiger partial charge in [-0.05, 0) is 48.0 Å². The van der Waals surface area contributed by atoms with Crippen LogP contribution in [0.5, 0.6) is 0 Å². The first kappa shape index (κ1) is 23.5. The van der Waals surface area contributed by atoms with Crippen LogP contribution in [-0.2, 0) is 38.1 Å². The van der Waals surface area contributed by atoms with E-state index in [1.165, 1.54) is 27.7 Å². The number of nitrogens with one attached hydrogen (secondary N) is 2. The summed E-state index contributed by atoms with van der Waals surface area (Å²) in [7, 11) is 0. The zero-order valence-corrected chi connectivity index (χ0v) is 19.2. The number of allylic oxidation sites excluding steroid dienone is 2. The molecule has 0 bridgehead atoms. The number of dihydropyridines is 1. The van der Waals surface area contributed by atoms with E-state index in [4.69, 9.17) is 0 Å². The quantitative estimate of drug-likeness (QED) is 0.547. The maximum absolute atomic E-state index is 12.7. The van der Waals surface area contributed by atoms with Crippen LogP contribution in [0.15, 0.2) is 42.1 Å². The van der Waals surface area contributed by atoms with Crippen molar-refractivity contribution in [1.29, 1.82) is 0 Å². The molecule has 0 spiro atoms. The molecule has 1 aromatic heterocycles. The average molecular weight is 429 g/mol. The summed E-state index contributed by atoms with van der Waals surface area (Å²) in [5, 5.41) is 8.03. The molecule has 4 nitrogen and oxygen atoms in total. The Morgan fingerprint density at radius 1 is 1.28 bits per heavy atom. The largest absolute Gasteiger partial charge is 0.387 e. The van der Waals surface area contributed by atoms with Crippen molar-refractivity contribution in [1.82, 2.24) is 15.2 Å². The molecule has 2 aliphatic heterocycles. The molecule has 0 saturated carbocycles. The van der Waals surface area contributed by atoms with E-state index in [0.29, 0.717) is 0 Å². The van der Waals surface area contributed by atoms with E-state index in [1.54, 1.807) is 6.92 Å². The first-order valence-corrected chi connectivity index (χ1v) is 10.4. The van der Waals surface area contributed by atoms with Gasteiger partial charge in [0.15, 0.2) is 5.78 Å². The minimum atomic E-state index is 0. The van der Waals surface area contributed by atoms with Crippen molar-refractivity contribution in [3.8, 4) is 0 Å². The van der Waals surface area contributed by atoms with Crippen LogP contribution in [0.2, 0.25) is 0 Å². The van der Waals surface area contributed by atoms with E-state index in [1.807, 2.05) is 19.2 Å². The van der Waals surface area contributed by atoms with Gasteiger partial charge in [0.2, 0.25) is 0 Å². The fraction of sp³-hybridized carbons (Fsp3) is 0.417. The van der Waals surface area contributed by atoms with Gasteiger partial charge in [0.25, 0.3) is 0 Å². The molecule has 1 aromatic carbocycles. The Balaban J connectivity index is 0.000000970. The molecule has 1 unspecified atom stereocenters. The molecule has 0 aliphatic carbocycles. The third-order valence-electron chi connectivity index (χ3n) is 5.71. The first-order chi connectivity index (χ1) is 13.7. The van der Waals surface area contributed by atoms with Gasteiger partial charge in [0, 0.05) is 79.2 Å². The van der Waals surface area contributed by atoms with Crippen LogP contribution >= 0.6 is 0 Å². The number of benzene rings is 1. The molecule has 1 radical (unpaired) electrons. The third-order valence-corrected chi connectivity index (χ3v) is 5.71. The second-order valence-corrected chi connectivity index (χ2v) is 7.41. The summed E-state index contributed by atoms with van der Waals surface area (Å²) in [6.07, 6.45) is 8.18. The molecule has 0 fully saturated rings. The number of hydrogen-bond donors (Lipinski definition) is 2. The number of Topliss-reactive ketones (excluding diaryl/α,β-unsaturated/α-hetero) is 1. The van der Waals surface area contributed by atoms with Crippen LogP contribution in [0.4, 0.5) is 0 Å². The average Bonchev–Trinajstić information content (AvgIpc) is 3.08. The van der Waals surface area contributed by atoms with Crippen molar-refractivity contribution in [3.05, 3.63) is 65.9 Å². The number of fused-ring (bicyclic) bond motifs is 3. The fourth-order valence-corrected chi connectivity index (χ4v) is 4.00. The summed E-state index contributed by atoms with van der Waals surface area (Å²) in [5.41, 5.74) is 6.26. The number of nitrogens with zero attached hydrogens (tertiary/aromatic N) is 1. The number of hydrogen-bond acceptors (Lipinski definition) is 3. The zero-order chi connectivity index (χ0) is 20.1. The predicted molar refractivity (Wildman–Crippen MR) is 117 cm³/mol. The van der Waals surface area contributed by atoms with Crippen molar-refractivity contribution in [2.75, 3.05) is 13.1 Å². The number of ketones is 1. The SMILES string of the molecule is CCC(C)C(=O)c1ccc2c(c1)c1c(n2CC2=CC=CNC2)CCNC1.[CH2-]C.[V]. The Morgan fingerprint density at radius 3 is 2.76 bits per heavy atom. The molecule has 29 heavy (non-hydrogen) atoms. The van der Waals surface area contributed by atoms with Crippen molar-refractivity contribution >= 4 is 16.7 Å². The van der Waals surface area contributed by atoms with Crippen molar-refractivity contribution in [3.63, 3.8) is 0 Å². The summed E-state index contributed by atoms with van der Waals surface area (Å²) < 4.78 is 2.45. The van der Waals surface area contributed by atoms with Gasteiger partial charge >= 0.3 is 0 Å². The van der Waals surface area contributed by atoms with Crippen LogP contribution in [0.25, 0.3) is 10.9 Å². The first-order valence-electron chi connectivity index (χ1n) is 10.4. The molecule has 155 valence electrons. The van der Waals surface area contributed by atoms with Crippen LogP contribution < -0.4 is 10.6 Å². The Morgan fingerprint density at radius 2 is 2.07 bits per heavy atom. The van der Waals surface area contributed by atoms with Gasteiger partial charge in [-0.1, -0.05) is 19.9 Å². The molecule has 2 N–H and O–H groups in total. The van der Waals surface area contributed by atoms with Gasteiger partial charge in [-0.2, -0.15) is 6.92 Å². The molecule has 0 amide bonds. The number of carbonyl (C=O) groups is 1. The molecular weight excluding hydrogens is 397 g/mol. The van der Waals surface area contributed by atoms with E-state index >= 15 is 0 Å². The summed E-state index contributed by atoms with van der Waals surface area (Å²) in [4.78, 5) is 12.7. The molecule has 4 rings (SSSR count). The van der Waals surface area contributed by atoms with Gasteiger partial charge < -0.3 is 22.1 Å². The Kier molecular flexibility index (Phi) is 8.82. The Labute approximate surface area is 186 Å². The minimum absolute atomic E-state index is 0. The second-order valence-electron chi connectivity index (χ2n) is 7.41. The van der Waals surface area contributed by atoms with E-state index in [-0.39, 0.29) is 30.3 Å². The molecule has 1 atom stereocenters. The number of aromatic nitrogens is 1. The molecule has 2 aromatic rings. The van der Waals surface area contributed by atoms with Gasteiger partial charge in [-0.15, -0.1) is 0 Å². The van der Waals surface area contributed by atoms with Crippen LogP contribution in [0.3, 0.4) is 0 Å². The topological polar surface area (TPSA) is 46.1 Å². The number of rotatable bonds is 5. The van der Waals surface area contributed by atoms with Gasteiger partial charge in [-0.3, -0.25) is 4.79 Å². The monoisotopic (exact) mass is 429 g/mol. The predicted octanol–water partition coefficient (Wildman–Crippen LogP) is 4.40. The van der Waals surface area contributed by atoms with E-state index in [2.05, 4.69) is 53.3 Å². The Hall–Kier alpha value is -1.75. The summed E-state index contributed by atoms with van der Waals surface area (Å²) in [5.74, 6) is 0.331. The smallest absolute Gasteiger partial charge is 0.165 e. The summed E-state index contributed by atoms with van der Waals surface area (Å²) >= 11 is 0. The molecule has 2 aliphatic rings. The van der Waals surface area contributed by atoms with Gasteiger partial charge in [0.1, 0.15) is 0 Å². The third kappa shape index (κ3) is 4.88. The molecule has 0 saturated heterocycles. The van der Waals surface area contributed by atoms with Gasteiger partial charge in [0.05, 0.1) is 0 Å². The normalized spacial score (nSPS) is 15.9. The summed E-state index contributed by atoms with van der Waals surface area (Å²) in [6, 6.07) is 6.29. The zero-order valence-electron chi connectivity index (χ0n) is 17.8. The van der Waals surface area contributed by atoms with Gasteiger partial charge in [-0.25, -0.2) is 0 Å². The van der Waals surface area contributed by atoms with Crippen LogP contribution in [0, 0.1) is 12.8 Å². The molecular formula is C24H32N3OV-. The molecule has 5 heteroatoms. The van der Waals surface area contributed by atoms with Crippen molar-refractivity contribution < 1.29 is 23.4 Å². The second kappa shape index (κ2) is 10.9. The van der Waals surface area contributed by atoms with Crippen LogP contribution in [0.1, 0.15) is 48.8 Å². The van der Waals surface area contributed by atoms with Crippen molar-refractivity contribution in [2.24, 2.45) is 5.92 Å². The van der Waals surface area contributed by atoms with Crippen molar-refractivity contribution in [2.45, 2.75) is 46.7 Å². The molecule has 3 heterocycles.